The molecule has 1 saturated heterocycles. The molecule has 0 radical (unpaired) electrons. The third-order valence-electron chi connectivity index (χ3n) is 5.05. The number of aromatic nitrogens is 3. The maximum Gasteiger partial charge on any atom is 0.0967 e. The van der Waals surface area contributed by atoms with Crippen molar-refractivity contribution in [3.8, 4) is 0 Å². The van der Waals surface area contributed by atoms with E-state index in [1.165, 1.54) is 38.6 Å². The van der Waals surface area contributed by atoms with Crippen LogP contribution in [0.3, 0.4) is 0 Å². The van der Waals surface area contributed by atoms with Gasteiger partial charge < -0.3 is 5.32 Å². The molecule has 1 aromatic rings. The molecule has 0 amide bonds. The first kappa shape index (κ1) is 15.0. The van der Waals surface area contributed by atoms with Gasteiger partial charge in [-0.25, -0.2) is 0 Å². The number of hydrogen-bond acceptors (Lipinski definition) is 4. The van der Waals surface area contributed by atoms with Gasteiger partial charge in [0.1, 0.15) is 0 Å². The van der Waals surface area contributed by atoms with E-state index in [2.05, 4.69) is 40.6 Å². The average Bonchev–Trinajstić information content (AvgIpc) is 3.03. The quantitative estimate of drug-likeness (QED) is 0.921. The molecule has 118 valence electrons. The van der Waals surface area contributed by atoms with Crippen LogP contribution in [0.5, 0.6) is 0 Å². The fourth-order valence-electron chi connectivity index (χ4n) is 4.06. The molecule has 2 aliphatic rings. The highest BCUT2D eigenvalue weighted by molar-refractivity contribution is 5.03. The molecule has 3 rings (SSSR count). The summed E-state index contributed by atoms with van der Waals surface area (Å²) in [6.07, 6.45) is 8.72. The second kappa shape index (κ2) is 6.05. The molecule has 5 heteroatoms. The first-order chi connectivity index (χ1) is 10.1. The van der Waals surface area contributed by atoms with Crippen molar-refractivity contribution in [2.75, 3.05) is 13.1 Å². The van der Waals surface area contributed by atoms with Crippen molar-refractivity contribution in [3.05, 3.63) is 11.9 Å². The molecule has 0 bridgehead atoms. The molecule has 1 unspecified atom stereocenters. The van der Waals surface area contributed by atoms with E-state index >= 15 is 0 Å². The third kappa shape index (κ3) is 3.46. The molecular formula is C16H29N5. The summed E-state index contributed by atoms with van der Waals surface area (Å²) in [5, 5.41) is 12.3. The van der Waals surface area contributed by atoms with Crippen LogP contribution in [0.2, 0.25) is 0 Å². The van der Waals surface area contributed by atoms with Gasteiger partial charge in [0.25, 0.3) is 0 Å². The van der Waals surface area contributed by atoms with Crippen LogP contribution in [0.25, 0.3) is 0 Å². The summed E-state index contributed by atoms with van der Waals surface area (Å²) < 4.78 is 1.81. The van der Waals surface area contributed by atoms with Crippen molar-refractivity contribution in [3.63, 3.8) is 0 Å². The summed E-state index contributed by atoms with van der Waals surface area (Å²) in [6, 6.07) is 0.623. The van der Waals surface area contributed by atoms with E-state index in [0.717, 1.165) is 24.7 Å². The second-order valence-corrected chi connectivity index (χ2v) is 7.44. The summed E-state index contributed by atoms with van der Waals surface area (Å²) in [4.78, 5) is 2.66. The van der Waals surface area contributed by atoms with E-state index < -0.39 is 0 Å². The molecule has 2 fully saturated rings. The van der Waals surface area contributed by atoms with Crippen molar-refractivity contribution in [2.45, 2.75) is 64.1 Å². The van der Waals surface area contributed by atoms with Gasteiger partial charge in [0.05, 0.1) is 5.69 Å². The van der Waals surface area contributed by atoms with Crippen LogP contribution in [0.4, 0.5) is 0 Å². The number of rotatable bonds is 4. The zero-order valence-electron chi connectivity index (χ0n) is 13.7. The zero-order chi connectivity index (χ0) is 14.9. The summed E-state index contributed by atoms with van der Waals surface area (Å²) in [6.45, 7) is 7.87. The van der Waals surface area contributed by atoms with Crippen LogP contribution in [0.1, 0.15) is 51.6 Å². The largest absolute Gasteiger partial charge is 0.308 e. The van der Waals surface area contributed by atoms with Gasteiger partial charge in [0.15, 0.2) is 0 Å². The van der Waals surface area contributed by atoms with Crippen molar-refractivity contribution in [1.29, 1.82) is 0 Å². The third-order valence-corrected chi connectivity index (χ3v) is 5.05. The van der Waals surface area contributed by atoms with Crippen molar-refractivity contribution in [1.82, 2.24) is 25.2 Å². The van der Waals surface area contributed by atoms with Gasteiger partial charge in [-0.05, 0) is 25.2 Å². The number of hydrogen-bond donors (Lipinski definition) is 1. The van der Waals surface area contributed by atoms with E-state index in [1.54, 1.807) is 4.68 Å². The summed E-state index contributed by atoms with van der Waals surface area (Å²) in [5.41, 5.74) is 1.47. The molecule has 21 heavy (non-hydrogen) atoms. The Morgan fingerprint density at radius 1 is 1.38 bits per heavy atom. The zero-order valence-corrected chi connectivity index (χ0v) is 13.7. The maximum atomic E-state index is 4.29. The Bertz CT molecular complexity index is 461. The van der Waals surface area contributed by atoms with Gasteiger partial charge in [-0.15, -0.1) is 5.10 Å². The maximum absolute atomic E-state index is 4.29. The minimum Gasteiger partial charge on any atom is -0.308 e. The highest BCUT2D eigenvalue weighted by Crippen LogP contribution is 2.34. The van der Waals surface area contributed by atoms with Crippen molar-refractivity contribution < 1.29 is 0 Å². The van der Waals surface area contributed by atoms with Crippen LogP contribution < -0.4 is 5.32 Å². The predicted molar refractivity (Wildman–Crippen MR) is 83.9 cm³/mol. The highest BCUT2D eigenvalue weighted by Gasteiger charge is 2.41. The molecule has 1 aromatic heterocycles. The lowest BCUT2D eigenvalue weighted by Gasteiger charge is -2.46. The Morgan fingerprint density at radius 3 is 2.76 bits per heavy atom. The lowest BCUT2D eigenvalue weighted by Crippen LogP contribution is -2.63. The van der Waals surface area contributed by atoms with Crippen LogP contribution in [0, 0.1) is 5.92 Å². The molecule has 1 N–H and O–H groups in total. The van der Waals surface area contributed by atoms with Crippen molar-refractivity contribution in [2.24, 2.45) is 13.0 Å². The van der Waals surface area contributed by atoms with Gasteiger partial charge in [-0.3, -0.25) is 9.58 Å². The number of aryl methyl sites for hydroxylation is 1. The van der Waals surface area contributed by atoms with E-state index in [0.29, 0.717) is 11.6 Å². The van der Waals surface area contributed by atoms with Crippen LogP contribution >= 0.6 is 0 Å². The fourth-order valence-corrected chi connectivity index (χ4v) is 4.06. The molecular weight excluding hydrogens is 262 g/mol. The SMILES string of the molecule is CC(C)CC1CNC2(CCCC2)CN1Cc1cn(C)nn1. The first-order valence-corrected chi connectivity index (χ1v) is 8.41. The standard InChI is InChI=1S/C16H29N5/c1-13(2)8-15-9-17-16(6-4-5-7-16)12-21(15)11-14-10-20(3)19-18-14/h10,13,15,17H,4-9,11-12H2,1-3H3. The Labute approximate surface area is 128 Å². The topological polar surface area (TPSA) is 46.0 Å². The summed E-state index contributed by atoms with van der Waals surface area (Å²) in [5.74, 6) is 0.735. The lowest BCUT2D eigenvalue weighted by atomic mass is 9.89. The average molecular weight is 291 g/mol. The summed E-state index contributed by atoms with van der Waals surface area (Å²) >= 11 is 0. The molecule has 0 aromatic carbocycles. The molecule has 1 spiro atoms. The number of nitrogens with one attached hydrogen (secondary N) is 1. The smallest absolute Gasteiger partial charge is 0.0967 e. The van der Waals surface area contributed by atoms with Gasteiger partial charge in [0, 0.05) is 44.5 Å². The Balaban J connectivity index is 1.72. The van der Waals surface area contributed by atoms with Crippen LogP contribution in [0.15, 0.2) is 6.20 Å². The van der Waals surface area contributed by atoms with Gasteiger partial charge in [-0.1, -0.05) is 31.9 Å². The molecule has 1 aliphatic heterocycles. The van der Waals surface area contributed by atoms with Crippen molar-refractivity contribution >= 4 is 0 Å². The van der Waals surface area contributed by atoms with E-state index in [9.17, 15) is 0 Å². The first-order valence-electron chi connectivity index (χ1n) is 8.41. The molecule has 1 atom stereocenters. The second-order valence-electron chi connectivity index (χ2n) is 7.44. The monoisotopic (exact) mass is 291 g/mol. The van der Waals surface area contributed by atoms with Crippen LogP contribution in [-0.4, -0.2) is 44.6 Å². The molecule has 2 heterocycles. The Kier molecular flexibility index (Phi) is 4.31. The minimum absolute atomic E-state index is 0.371. The Hall–Kier alpha value is -0.940. The predicted octanol–water partition coefficient (Wildman–Crippen LogP) is 1.95. The number of piperazine rings is 1. The minimum atomic E-state index is 0.371. The molecule has 5 nitrogen and oxygen atoms in total. The normalized spacial score (nSPS) is 26.0. The summed E-state index contributed by atoms with van der Waals surface area (Å²) in [7, 11) is 1.94. The number of nitrogens with zero attached hydrogens (tertiary/aromatic N) is 4. The van der Waals surface area contributed by atoms with Gasteiger partial charge in [-0.2, -0.15) is 0 Å². The van der Waals surface area contributed by atoms with Gasteiger partial charge in [0.2, 0.25) is 0 Å². The Morgan fingerprint density at radius 2 is 2.14 bits per heavy atom. The highest BCUT2D eigenvalue weighted by atomic mass is 15.4. The molecule has 1 aliphatic carbocycles. The molecule has 1 saturated carbocycles. The van der Waals surface area contributed by atoms with Crippen LogP contribution in [-0.2, 0) is 13.6 Å². The van der Waals surface area contributed by atoms with Gasteiger partial charge >= 0.3 is 0 Å². The van der Waals surface area contributed by atoms with E-state index in [4.69, 9.17) is 0 Å². The van der Waals surface area contributed by atoms with E-state index in [1.807, 2.05) is 7.05 Å². The lowest BCUT2D eigenvalue weighted by molar-refractivity contribution is 0.0620. The fraction of sp³-hybridized carbons (Fsp3) is 0.875. The van der Waals surface area contributed by atoms with E-state index in [-0.39, 0.29) is 0 Å².